The maximum Gasteiger partial charge on any atom is 0.0555 e. The molecule has 1 N–H and O–H groups in total. The lowest BCUT2D eigenvalue weighted by Gasteiger charge is -2.52. The molecular weight excluding hydrogens is 234 g/mol. The van der Waals surface area contributed by atoms with E-state index in [0.29, 0.717) is 17.0 Å². The Kier molecular flexibility index (Phi) is 3.68. The number of rotatable bonds is 2. The van der Waals surface area contributed by atoms with Gasteiger partial charge in [0.25, 0.3) is 0 Å². The normalized spacial score (nSPS) is 37.3. The number of aliphatic hydroxyl groups is 1. The van der Waals surface area contributed by atoms with Crippen molar-refractivity contribution in [1.82, 2.24) is 4.90 Å². The van der Waals surface area contributed by atoms with E-state index in [9.17, 15) is 5.11 Å². The van der Waals surface area contributed by atoms with Gasteiger partial charge in [0.2, 0.25) is 0 Å². The highest BCUT2D eigenvalue weighted by atomic mass is 16.3. The molecule has 0 radical (unpaired) electrons. The average Bonchev–Trinajstić information content (AvgIpc) is 3.03. The Labute approximate surface area is 118 Å². The van der Waals surface area contributed by atoms with Gasteiger partial charge < -0.3 is 5.11 Å². The van der Waals surface area contributed by atoms with E-state index >= 15 is 0 Å². The van der Waals surface area contributed by atoms with Crippen LogP contribution < -0.4 is 0 Å². The Morgan fingerprint density at radius 3 is 2.16 bits per heavy atom. The summed E-state index contributed by atoms with van der Waals surface area (Å²) in [6.45, 7) is 2.46. The summed E-state index contributed by atoms with van der Waals surface area (Å²) in [4.78, 5) is 2.70. The second kappa shape index (κ2) is 5.04. The largest absolute Gasteiger partial charge is 0.393 e. The Hall–Kier alpha value is -0.0800. The molecule has 2 unspecified atom stereocenters. The summed E-state index contributed by atoms with van der Waals surface area (Å²) in [6, 6.07) is 0.627. The molecule has 110 valence electrons. The second-order valence-corrected chi connectivity index (χ2v) is 7.83. The molecular formula is C17H31NO. The van der Waals surface area contributed by atoms with Crippen molar-refractivity contribution in [3.05, 3.63) is 0 Å². The van der Waals surface area contributed by atoms with Gasteiger partial charge in [-0.25, -0.2) is 0 Å². The van der Waals surface area contributed by atoms with Gasteiger partial charge in [0.1, 0.15) is 0 Å². The Bertz CT molecular complexity index is 315. The van der Waals surface area contributed by atoms with E-state index in [0.717, 1.165) is 12.8 Å². The highest BCUT2D eigenvalue weighted by molar-refractivity contribution is 5.04. The topological polar surface area (TPSA) is 23.5 Å². The van der Waals surface area contributed by atoms with Crippen LogP contribution in [0.5, 0.6) is 0 Å². The van der Waals surface area contributed by atoms with Crippen LogP contribution in [0.3, 0.4) is 0 Å². The van der Waals surface area contributed by atoms with Crippen LogP contribution >= 0.6 is 0 Å². The van der Waals surface area contributed by atoms with Gasteiger partial charge >= 0.3 is 0 Å². The molecule has 2 nitrogen and oxygen atoms in total. The van der Waals surface area contributed by atoms with Gasteiger partial charge in [-0.2, -0.15) is 0 Å². The van der Waals surface area contributed by atoms with E-state index in [2.05, 4.69) is 18.9 Å². The number of aliphatic hydroxyl groups excluding tert-OH is 1. The molecule has 2 heteroatoms. The summed E-state index contributed by atoms with van der Waals surface area (Å²) >= 11 is 0. The average molecular weight is 265 g/mol. The van der Waals surface area contributed by atoms with Gasteiger partial charge in [0.15, 0.2) is 0 Å². The SMILES string of the molecule is CN(C1CC(O)CCC12CCCC2)C1(C)CCCC1. The summed E-state index contributed by atoms with van der Waals surface area (Å²) < 4.78 is 0. The molecule has 0 heterocycles. The third-order valence-corrected chi connectivity index (χ3v) is 6.78. The van der Waals surface area contributed by atoms with Gasteiger partial charge in [0.05, 0.1) is 6.10 Å². The Morgan fingerprint density at radius 1 is 0.947 bits per heavy atom. The summed E-state index contributed by atoms with van der Waals surface area (Å²) in [5.74, 6) is 0. The summed E-state index contributed by atoms with van der Waals surface area (Å²) in [5.41, 5.74) is 0.941. The zero-order valence-electron chi connectivity index (χ0n) is 12.8. The minimum absolute atomic E-state index is 0.0521. The van der Waals surface area contributed by atoms with Crippen molar-refractivity contribution in [3.8, 4) is 0 Å². The predicted molar refractivity (Wildman–Crippen MR) is 79.2 cm³/mol. The third-order valence-electron chi connectivity index (χ3n) is 6.78. The first-order valence-electron chi connectivity index (χ1n) is 8.47. The van der Waals surface area contributed by atoms with Crippen LogP contribution in [-0.4, -0.2) is 34.7 Å². The van der Waals surface area contributed by atoms with Crippen molar-refractivity contribution in [2.75, 3.05) is 7.05 Å². The number of hydrogen-bond donors (Lipinski definition) is 1. The van der Waals surface area contributed by atoms with E-state index < -0.39 is 0 Å². The Balaban J connectivity index is 1.82. The fraction of sp³-hybridized carbons (Fsp3) is 1.00. The van der Waals surface area contributed by atoms with Crippen LogP contribution in [-0.2, 0) is 0 Å². The van der Waals surface area contributed by atoms with Crippen LogP contribution in [0.15, 0.2) is 0 Å². The molecule has 0 saturated heterocycles. The molecule has 0 amide bonds. The molecule has 3 saturated carbocycles. The standard InChI is InChI=1S/C17H31NO/c1-16(8-3-4-9-16)18(2)15-13-14(19)7-12-17(15)10-5-6-11-17/h14-15,19H,3-13H2,1-2H3. The lowest BCUT2D eigenvalue weighted by Crippen LogP contribution is -2.57. The first kappa shape index (κ1) is 13.9. The van der Waals surface area contributed by atoms with Crippen LogP contribution in [0, 0.1) is 5.41 Å². The van der Waals surface area contributed by atoms with Crippen molar-refractivity contribution < 1.29 is 5.11 Å². The number of nitrogens with zero attached hydrogens (tertiary/aromatic N) is 1. The van der Waals surface area contributed by atoms with E-state index in [-0.39, 0.29) is 6.10 Å². The van der Waals surface area contributed by atoms with Gasteiger partial charge in [-0.3, -0.25) is 4.90 Å². The van der Waals surface area contributed by atoms with E-state index in [1.165, 1.54) is 57.8 Å². The van der Waals surface area contributed by atoms with Crippen molar-refractivity contribution >= 4 is 0 Å². The van der Waals surface area contributed by atoms with Gasteiger partial charge in [-0.1, -0.05) is 25.7 Å². The van der Waals surface area contributed by atoms with Crippen LogP contribution in [0.4, 0.5) is 0 Å². The molecule has 0 aromatic heterocycles. The molecule has 3 aliphatic rings. The molecule has 0 bridgehead atoms. The maximum atomic E-state index is 10.2. The lowest BCUT2D eigenvalue weighted by molar-refractivity contribution is -0.0544. The molecule has 3 rings (SSSR count). The van der Waals surface area contributed by atoms with Gasteiger partial charge in [-0.15, -0.1) is 0 Å². The smallest absolute Gasteiger partial charge is 0.0555 e. The molecule has 19 heavy (non-hydrogen) atoms. The molecule has 0 aliphatic heterocycles. The lowest BCUT2D eigenvalue weighted by atomic mass is 9.66. The molecule has 2 atom stereocenters. The van der Waals surface area contributed by atoms with E-state index in [1.54, 1.807) is 0 Å². The second-order valence-electron chi connectivity index (χ2n) is 7.83. The minimum atomic E-state index is -0.0521. The van der Waals surface area contributed by atoms with Crippen LogP contribution in [0.1, 0.15) is 77.6 Å². The van der Waals surface area contributed by atoms with E-state index in [4.69, 9.17) is 0 Å². The number of hydrogen-bond acceptors (Lipinski definition) is 2. The zero-order chi connectivity index (χ0) is 13.5. The van der Waals surface area contributed by atoms with Crippen LogP contribution in [0.2, 0.25) is 0 Å². The summed E-state index contributed by atoms with van der Waals surface area (Å²) in [7, 11) is 2.36. The minimum Gasteiger partial charge on any atom is -0.393 e. The van der Waals surface area contributed by atoms with Crippen molar-refractivity contribution in [3.63, 3.8) is 0 Å². The zero-order valence-corrected chi connectivity index (χ0v) is 12.8. The molecule has 3 aliphatic carbocycles. The van der Waals surface area contributed by atoms with Crippen LogP contribution in [0.25, 0.3) is 0 Å². The molecule has 3 fully saturated rings. The predicted octanol–water partition coefficient (Wildman–Crippen LogP) is 3.72. The monoisotopic (exact) mass is 265 g/mol. The fourth-order valence-electron chi connectivity index (χ4n) is 5.34. The first-order chi connectivity index (χ1) is 9.06. The molecule has 0 aromatic carbocycles. The van der Waals surface area contributed by atoms with Crippen molar-refractivity contribution in [2.45, 2.75) is 95.2 Å². The molecule has 1 spiro atoms. The quantitative estimate of drug-likeness (QED) is 0.822. The van der Waals surface area contributed by atoms with Gasteiger partial charge in [0, 0.05) is 11.6 Å². The van der Waals surface area contributed by atoms with E-state index in [1.807, 2.05) is 0 Å². The summed E-state index contributed by atoms with van der Waals surface area (Å²) in [5, 5.41) is 10.2. The van der Waals surface area contributed by atoms with Gasteiger partial charge in [-0.05, 0) is 64.3 Å². The van der Waals surface area contributed by atoms with Crippen molar-refractivity contribution in [1.29, 1.82) is 0 Å². The van der Waals surface area contributed by atoms with Crippen molar-refractivity contribution in [2.24, 2.45) is 5.41 Å². The highest BCUT2D eigenvalue weighted by Crippen LogP contribution is 2.52. The first-order valence-corrected chi connectivity index (χ1v) is 8.47. The Morgan fingerprint density at radius 2 is 1.53 bits per heavy atom. The maximum absolute atomic E-state index is 10.2. The molecule has 0 aromatic rings. The summed E-state index contributed by atoms with van der Waals surface area (Å²) in [6.07, 6.45) is 14.4. The third kappa shape index (κ3) is 2.35. The highest BCUT2D eigenvalue weighted by Gasteiger charge is 2.50. The fourth-order valence-corrected chi connectivity index (χ4v) is 5.34.